The van der Waals surface area contributed by atoms with Gasteiger partial charge in [0.15, 0.2) is 0 Å². The van der Waals surface area contributed by atoms with Crippen molar-refractivity contribution in [2.24, 2.45) is 7.05 Å². The molecule has 0 aliphatic rings. The van der Waals surface area contributed by atoms with Crippen LogP contribution in [0.25, 0.3) is 0 Å². The topological polar surface area (TPSA) is 122 Å². The molecule has 0 amide bonds. The maximum absolute atomic E-state index is 11.7. The lowest BCUT2D eigenvalue weighted by molar-refractivity contribution is -0.141. The maximum Gasteiger partial charge on any atom is 0.324 e. The first kappa shape index (κ1) is 13.6. The first-order valence-electron chi connectivity index (χ1n) is 4.66. The molecular formula is C8H13N3O5S. The van der Waals surface area contributed by atoms with Crippen molar-refractivity contribution in [2.75, 3.05) is 0 Å². The van der Waals surface area contributed by atoms with Crippen molar-refractivity contribution in [2.45, 2.75) is 24.0 Å². The van der Waals surface area contributed by atoms with Crippen LogP contribution >= 0.6 is 0 Å². The number of hydrogen-bond acceptors (Lipinski definition) is 5. The summed E-state index contributed by atoms with van der Waals surface area (Å²) in [5, 5.41) is 21.6. The van der Waals surface area contributed by atoms with Crippen LogP contribution in [-0.4, -0.2) is 46.5 Å². The highest BCUT2D eigenvalue weighted by Gasteiger charge is 2.29. The van der Waals surface area contributed by atoms with Gasteiger partial charge >= 0.3 is 5.97 Å². The Morgan fingerprint density at radius 2 is 2.18 bits per heavy atom. The van der Waals surface area contributed by atoms with E-state index in [1.54, 1.807) is 0 Å². The van der Waals surface area contributed by atoms with Crippen LogP contribution in [0.3, 0.4) is 0 Å². The van der Waals surface area contributed by atoms with E-state index < -0.39 is 28.1 Å². The molecular weight excluding hydrogens is 250 g/mol. The number of aliphatic hydroxyl groups is 1. The Hall–Kier alpha value is -1.45. The number of carboxylic acids is 1. The molecule has 0 aliphatic heterocycles. The third-order valence-corrected chi connectivity index (χ3v) is 3.42. The van der Waals surface area contributed by atoms with Crippen molar-refractivity contribution < 1.29 is 23.4 Å². The van der Waals surface area contributed by atoms with Crippen molar-refractivity contribution in [3.63, 3.8) is 0 Å². The third-order valence-electron chi connectivity index (χ3n) is 2.02. The molecule has 0 bridgehead atoms. The van der Waals surface area contributed by atoms with Gasteiger partial charge in [0.05, 0.1) is 12.3 Å². The first-order valence-corrected chi connectivity index (χ1v) is 6.14. The smallest absolute Gasteiger partial charge is 0.324 e. The number of hydrogen-bond donors (Lipinski definition) is 3. The Bertz CT molecular complexity index is 507. The second-order valence-corrected chi connectivity index (χ2v) is 5.24. The minimum atomic E-state index is -4.00. The fourth-order valence-electron chi connectivity index (χ4n) is 1.13. The zero-order valence-electron chi connectivity index (χ0n) is 9.23. The molecule has 1 aromatic heterocycles. The number of carboxylic acid groups (broad SMARTS) is 1. The number of carbonyl (C=O) groups is 1. The molecule has 8 nitrogen and oxygen atoms in total. The lowest BCUT2D eigenvalue weighted by Crippen LogP contribution is -2.47. The predicted octanol–water partition coefficient (Wildman–Crippen LogP) is -1.47. The molecule has 2 atom stereocenters. The van der Waals surface area contributed by atoms with Gasteiger partial charge in [0.2, 0.25) is 10.0 Å². The number of aliphatic carboxylic acids is 1. The van der Waals surface area contributed by atoms with E-state index in [1.807, 2.05) is 4.72 Å². The molecule has 0 unspecified atom stereocenters. The first-order chi connectivity index (χ1) is 7.74. The lowest BCUT2D eigenvalue weighted by atomic mass is 10.2. The Morgan fingerprint density at radius 1 is 1.59 bits per heavy atom. The average Bonchev–Trinajstić information content (AvgIpc) is 2.61. The molecule has 0 fully saturated rings. The minimum absolute atomic E-state index is 0.160. The van der Waals surface area contributed by atoms with E-state index in [2.05, 4.69) is 5.10 Å². The second-order valence-electron chi connectivity index (χ2n) is 3.53. The number of rotatable bonds is 5. The van der Waals surface area contributed by atoms with Gasteiger partial charge in [-0.05, 0) is 6.92 Å². The van der Waals surface area contributed by atoms with Gasteiger partial charge in [0, 0.05) is 13.2 Å². The Kier molecular flexibility index (Phi) is 3.86. The average molecular weight is 263 g/mol. The monoisotopic (exact) mass is 263 g/mol. The summed E-state index contributed by atoms with van der Waals surface area (Å²) in [4.78, 5) is 10.6. The number of aromatic nitrogens is 2. The molecule has 0 aromatic carbocycles. The van der Waals surface area contributed by atoms with Gasteiger partial charge in [-0.3, -0.25) is 9.48 Å². The number of aliphatic hydroxyl groups excluding tert-OH is 1. The Balaban J connectivity index is 2.97. The summed E-state index contributed by atoms with van der Waals surface area (Å²) >= 11 is 0. The van der Waals surface area contributed by atoms with E-state index in [4.69, 9.17) is 10.2 Å². The number of aryl methyl sites for hydroxylation is 1. The number of nitrogens with zero attached hydrogens (tertiary/aromatic N) is 2. The van der Waals surface area contributed by atoms with E-state index in [0.29, 0.717) is 0 Å². The molecule has 9 heteroatoms. The minimum Gasteiger partial charge on any atom is -0.480 e. The Labute approximate surface area is 97.9 Å². The van der Waals surface area contributed by atoms with E-state index in [1.165, 1.54) is 24.9 Å². The van der Waals surface area contributed by atoms with Crippen molar-refractivity contribution in [1.29, 1.82) is 0 Å². The summed E-state index contributed by atoms with van der Waals surface area (Å²) in [6, 6.07) is -1.60. The summed E-state index contributed by atoms with van der Waals surface area (Å²) in [7, 11) is -2.47. The molecule has 1 aromatic rings. The Morgan fingerprint density at radius 3 is 2.53 bits per heavy atom. The maximum atomic E-state index is 11.7. The van der Waals surface area contributed by atoms with Crippen LogP contribution in [0.2, 0.25) is 0 Å². The highest BCUT2D eigenvalue weighted by atomic mass is 32.2. The van der Waals surface area contributed by atoms with Crippen LogP contribution in [0.15, 0.2) is 17.3 Å². The van der Waals surface area contributed by atoms with Crippen LogP contribution in [0.5, 0.6) is 0 Å². The van der Waals surface area contributed by atoms with Crippen LogP contribution in [0, 0.1) is 0 Å². The van der Waals surface area contributed by atoms with Crippen LogP contribution < -0.4 is 4.72 Å². The molecule has 1 rings (SSSR count). The molecule has 17 heavy (non-hydrogen) atoms. The fourth-order valence-corrected chi connectivity index (χ4v) is 2.37. The summed E-state index contributed by atoms with van der Waals surface area (Å²) in [6.45, 7) is 1.19. The summed E-state index contributed by atoms with van der Waals surface area (Å²) in [5.41, 5.74) is 0. The van der Waals surface area contributed by atoms with Gasteiger partial charge in [-0.1, -0.05) is 0 Å². The normalized spacial score (nSPS) is 15.5. The molecule has 0 spiro atoms. The highest BCUT2D eigenvalue weighted by molar-refractivity contribution is 7.89. The van der Waals surface area contributed by atoms with Crippen LogP contribution in [0.4, 0.5) is 0 Å². The summed E-state index contributed by atoms with van der Waals surface area (Å²) in [6.07, 6.45) is 0.964. The predicted molar refractivity (Wildman–Crippen MR) is 56.6 cm³/mol. The molecule has 0 aliphatic carbocycles. The third kappa shape index (κ3) is 3.25. The molecule has 0 saturated carbocycles. The van der Waals surface area contributed by atoms with Crippen molar-refractivity contribution in [3.05, 3.63) is 12.4 Å². The molecule has 96 valence electrons. The number of sulfonamides is 1. The molecule has 3 N–H and O–H groups in total. The summed E-state index contributed by atoms with van der Waals surface area (Å²) in [5.74, 6) is -1.45. The van der Waals surface area contributed by atoms with Crippen LogP contribution in [0.1, 0.15) is 6.92 Å². The molecule has 0 saturated heterocycles. The van der Waals surface area contributed by atoms with E-state index in [0.717, 1.165) is 6.20 Å². The highest BCUT2D eigenvalue weighted by Crippen LogP contribution is 2.08. The molecule has 0 radical (unpaired) electrons. The van der Waals surface area contributed by atoms with E-state index in [9.17, 15) is 13.2 Å². The molecule has 1 heterocycles. The zero-order chi connectivity index (χ0) is 13.2. The van der Waals surface area contributed by atoms with Gasteiger partial charge in [0.1, 0.15) is 10.9 Å². The van der Waals surface area contributed by atoms with Crippen molar-refractivity contribution in [3.8, 4) is 0 Å². The SMILES string of the molecule is C[C@@H](O)[C@H](NS(=O)(=O)c1cnn(C)c1)C(=O)O. The number of nitrogens with one attached hydrogen (secondary N) is 1. The standard InChI is InChI=1S/C8H13N3O5S/c1-5(12)7(8(13)14)10-17(15,16)6-3-9-11(2)4-6/h3-5,7,10,12H,1-2H3,(H,13,14)/t5-,7+/m1/s1. The van der Waals surface area contributed by atoms with Gasteiger partial charge in [-0.2, -0.15) is 9.82 Å². The lowest BCUT2D eigenvalue weighted by Gasteiger charge is -2.16. The second kappa shape index (κ2) is 4.82. The summed E-state index contributed by atoms with van der Waals surface area (Å²) < 4.78 is 26.6. The van der Waals surface area contributed by atoms with E-state index in [-0.39, 0.29) is 4.90 Å². The van der Waals surface area contributed by atoms with Gasteiger partial charge in [-0.25, -0.2) is 8.42 Å². The van der Waals surface area contributed by atoms with E-state index >= 15 is 0 Å². The van der Waals surface area contributed by atoms with Gasteiger partial charge < -0.3 is 10.2 Å². The fraction of sp³-hybridized carbons (Fsp3) is 0.500. The zero-order valence-corrected chi connectivity index (χ0v) is 10.0. The van der Waals surface area contributed by atoms with Gasteiger partial charge in [0.25, 0.3) is 0 Å². The van der Waals surface area contributed by atoms with Crippen LogP contribution in [-0.2, 0) is 21.9 Å². The largest absolute Gasteiger partial charge is 0.480 e. The quantitative estimate of drug-likeness (QED) is 0.596. The van der Waals surface area contributed by atoms with Gasteiger partial charge in [-0.15, -0.1) is 0 Å². The van der Waals surface area contributed by atoms with Crippen molar-refractivity contribution >= 4 is 16.0 Å². The van der Waals surface area contributed by atoms with Crippen molar-refractivity contribution in [1.82, 2.24) is 14.5 Å².